The Balaban J connectivity index is 2.05. The highest BCUT2D eigenvalue weighted by molar-refractivity contribution is 7.14. The Kier molecular flexibility index (Phi) is 5.86. The minimum Gasteiger partial charge on any atom is -0.352 e. The molecule has 122 valence electrons. The molecule has 9 heteroatoms. The number of anilines is 1. The third-order valence-corrected chi connectivity index (χ3v) is 4.05. The maximum atomic E-state index is 11.6. The molecular formula is C14H12Cl3N3O2S. The second-order valence-electron chi connectivity index (χ2n) is 4.60. The molecule has 0 bridgehead atoms. The summed E-state index contributed by atoms with van der Waals surface area (Å²) in [4.78, 5) is 26.7. The quantitative estimate of drug-likeness (QED) is 0.778. The molecule has 0 radical (unpaired) electrons. The van der Waals surface area contributed by atoms with E-state index in [0.717, 1.165) is 11.1 Å². The Morgan fingerprint density at radius 3 is 2.43 bits per heavy atom. The van der Waals surface area contributed by atoms with E-state index >= 15 is 0 Å². The van der Waals surface area contributed by atoms with Gasteiger partial charge < -0.3 is 5.32 Å². The molecule has 0 aliphatic heterocycles. The van der Waals surface area contributed by atoms with Crippen molar-refractivity contribution >= 4 is 63.1 Å². The highest BCUT2D eigenvalue weighted by atomic mass is 35.6. The zero-order valence-corrected chi connectivity index (χ0v) is 15.0. The van der Waals surface area contributed by atoms with Gasteiger partial charge in [0.2, 0.25) is 5.91 Å². The Hall–Kier alpha value is -1.34. The molecule has 0 atom stereocenters. The average molecular weight is 393 g/mol. The Labute approximate surface area is 152 Å². The Morgan fingerprint density at radius 2 is 1.87 bits per heavy atom. The molecule has 2 aromatic rings. The van der Waals surface area contributed by atoms with Crippen LogP contribution in [0.25, 0.3) is 11.3 Å². The molecule has 2 amide bonds. The van der Waals surface area contributed by atoms with E-state index in [1.165, 1.54) is 18.3 Å². The van der Waals surface area contributed by atoms with Crippen LogP contribution >= 0.6 is 46.1 Å². The van der Waals surface area contributed by atoms with Gasteiger partial charge in [0.05, 0.1) is 5.69 Å². The lowest BCUT2D eigenvalue weighted by atomic mass is 10.1. The van der Waals surface area contributed by atoms with Gasteiger partial charge in [0.1, 0.15) is 0 Å². The first kappa shape index (κ1) is 18.0. The summed E-state index contributed by atoms with van der Waals surface area (Å²) in [7, 11) is 0. The molecule has 0 unspecified atom stereocenters. The van der Waals surface area contributed by atoms with E-state index in [4.69, 9.17) is 34.8 Å². The number of halogens is 3. The minimum atomic E-state index is -2.03. The fourth-order valence-corrected chi connectivity index (χ4v) is 2.51. The molecule has 1 heterocycles. The third kappa shape index (κ3) is 5.35. The third-order valence-electron chi connectivity index (χ3n) is 2.77. The molecule has 2 N–H and O–H groups in total. The van der Waals surface area contributed by atoms with Crippen molar-refractivity contribution < 1.29 is 9.59 Å². The standard InChI is InChI=1S/C14H12Cl3N3O2S/c1-8(21)18-6-9-2-4-10(5-3-9)11-7-23-13(19-11)20-12(22)14(15,16)17/h2-5,7H,6H2,1H3,(H,18,21)(H,19,20,22). The SMILES string of the molecule is CC(=O)NCc1ccc(-c2csc(NC(=O)C(Cl)(Cl)Cl)n2)cc1. The number of nitrogens with zero attached hydrogens (tertiary/aromatic N) is 1. The molecule has 0 saturated carbocycles. The fourth-order valence-electron chi connectivity index (χ4n) is 1.65. The molecule has 0 aliphatic rings. The largest absolute Gasteiger partial charge is 0.352 e. The van der Waals surface area contributed by atoms with Crippen molar-refractivity contribution in [3.63, 3.8) is 0 Å². The van der Waals surface area contributed by atoms with Gasteiger partial charge in [-0.1, -0.05) is 59.1 Å². The van der Waals surface area contributed by atoms with Gasteiger partial charge in [0.25, 0.3) is 9.70 Å². The second-order valence-corrected chi connectivity index (χ2v) is 7.74. The van der Waals surface area contributed by atoms with Gasteiger partial charge in [-0.05, 0) is 5.56 Å². The maximum Gasteiger partial charge on any atom is 0.278 e. The van der Waals surface area contributed by atoms with Crippen LogP contribution in [-0.4, -0.2) is 20.6 Å². The lowest BCUT2D eigenvalue weighted by molar-refractivity contribution is -0.119. The van der Waals surface area contributed by atoms with Crippen molar-refractivity contribution in [2.75, 3.05) is 5.32 Å². The fraction of sp³-hybridized carbons (Fsp3) is 0.214. The summed E-state index contributed by atoms with van der Waals surface area (Å²) in [5.41, 5.74) is 2.55. The summed E-state index contributed by atoms with van der Waals surface area (Å²) in [5.74, 6) is -0.836. The predicted molar refractivity (Wildman–Crippen MR) is 94.0 cm³/mol. The highest BCUT2D eigenvalue weighted by Gasteiger charge is 2.31. The molecule has 0 spiro atoms. The molecule has 0 fully saturated rings. The molecular weight excluding hydrogens is 381 g/mol. The van der Waals surface area contributed by atoms with Crippen LogP contribution in [0.5, 0.6) is 0 Å². The van der Waals surface area contributed by atoms with Crippen LogP contribution in [0.4, 0.5) is 5.13 Å². The van der Waals surface area contributed by atoms with Gasteiger partial charge >= 0.3 is 0 Å². The summed E-state index contributed by atoms with van der Waals surface area (Å²) >= 11 is 17.7. The van der Waals surface area contributed by atoms with Crippen LogP contribution in [0.3, 0.4) is 0 Å². The normalized spacial score (nSPS) is 11.1. The summed E-state index contributed by atoms with van der Waals surface area (Å²) in [5, 5.41) is 7.30. The zero-order valence-electron chi connectivity index (χ0n) is 11.9. The minimum absolute atomic E-state index is 0.0806. The molecule has 2 rings (SSSR count). The smallest absolute Gasteiger partial charge is 0.278 e. The van der Waals surface area contributed by atoms with Crippen LogP contribution in [0, 0.1) is 0 Å². The first-order chi connectivity index (χ1) is 10.8. The predicted octanol–water partition coefficient (Wildman–Crippen LogP) is 3.75. The van der Waals surface area contributed by atoms with E-state index < -0.39 is 9.70 Å². The number of carbonyl (C=O) groups excluding carboxylic acids is 2. The molecule has 0 aliphatic carbocycles. The summed E-state index contributed by atoms with van der Waals surface area (Å²) in [6.45, 7) is 1.94. The average Bonchev–Trinajstić information content (AvgIpc) is 2.93. The monoisotopic (exact) mass is 391 g/mol. The summed E-state index contributed by atoms with van der Waals surface area (Å²) in [6, 6.07) is 7.55. The first-order valence-corrected chi connectivity index (χ1v) is 8.44. The van der Waals surface area contributed by atoms with Crippen LogP contribution in [0.2, 0.25) is 0 Å². The number of alkyl halides is 3. The van der Waals surface area contributed by atoms with Crippen molar-refractivity contribution in [2.45, 2.75) is 17.3 Å². The number of rotatable bonds is 4. The van der Waals surface area contributed by atoms with Gasteiger partial charge in [-0.3, -0.25) is 14.9 Å². The zero-order chi connectivity index (χ0) is 17.0. The number of carbonyl (C=O) groups is 2. The Bertz CT molecular complexity index is 711. The van der Waals surface area contributed by atoms with Gasteiger partial charge in [0.15, 0.2) is 5.13 Å². The lowest BCUT2D eigenvalue weighted by Gasteiger charge is -2.08. The summed E-state index contributed by atoms with van der Waals surface area (Å²) in [6.07, 6.45) is 0. The number of hydrogen-bond donors (Lipinski definition) is 2. The van der Waals surface area contributed by atoms with Crippen LogP contribution in [0.1, 0.15) is 12.5 Å². The number of thiazole rings is 1. The van der Waals surface area contributed by atoms with Crippen LogP contribution < -0.4 is 10.6 Å². The van der Waals surface area contributed by atoms with Crippen molar-refractivity contribution in [1.82, 2.24) is 10.3 Å². The van der Waals surface area contributed by atoms with Crippen molar-refractivity contribution in [3.05, 3.63) is 35.2 Å². The van der Waals surface area contributed by atoms with Crippen LogP contribution in [-0.2, 0) is 16.1 Å². The second kappa shape index (κ2) is 7.49. The Morgan fingerprint density at radius 1 is 1.22 bits per heavy atom. The highest BCUT2D eigenvalue weighted by Crippen LogP contribution is 2.30. The van der Waals surface area contributed by atoms with Gasteiger partial charge in [-0.2, -0.15) is 0 Å². The number of benzene rings is 1. The van der Waals surface area contributed by atoms with Crippen molar-refractivity contribution in [3.8, 4) is 11.3 Å². The number of nitrogens with one attached hydrogen (secondary N) is 2. The topological polar surface area (TPSA) is 71.1 Å². The molecule has 1 aromatic carbocycles. The van der Waals surface area contributed by atoms with Gasteiger partial charge in [-0.15, -0.1) is 11.3 Å². The number of hydrogen-bond acceptors (Lipinski definition) is 4. The van der Waals surface area contributed by atoms with E-state index in [1.807, 2.05) is 24.3 Å². The maximum absolute atomic E-state index is 11.6. The molecule has 1 aromatic heterocycles. The number of amides is 2. The molecule has 5 nitrogen and oxygen atoms in total. The first-order valence-electron chi connectivity index (χ1n) is 6.43. The van der Waals surface area contributed by atoms with E-state index in [0.29, 0.717) is 17.4 Å². The number of aromatic nitrogens is 1. The van der Waals surface area contributed by atoms with E-state index in [2.05, 4.69) is 15.6 Å². The molecule has 23 heavy (non-hydrogen) atoms. The summed E-state index contributed by atoms with van der Waals surface area (Å²) < 4.78 is -2.03. The van der Waals surface area contributed by atoms with E-state index in [9.17, 15) is 9.59 Å². The molecule has 0 saturated heterocycles. The van der Waals surface area contributed by atoms with Crippen molar-refractivity contribution in [1.29, 1.82) is 0 Å². The van der Waals surface area contributed by atoms with Crippen LogP contribution in [0.15, 0.2) is 29.6 Å². The van der Waals surface area contributed by atoms with E-state index in [1.54, 1.807) is 5.38 Å². The van der Waals surface area contributed by atoms with Gasteiger partial charge in [-0.25, -0.2) is 4.98 Å². The van der Waals surface area contributed by atoms with E-state index in [-0.39, 0.29) is 5.91 Å². The van der Waals surface area contributed by atoms with Gasteiger partial charge in [0, 0.05) is 24.4 Å². The van der Waals surface area contributed by atoms with Crippen molar-refractivity contribution in [2.24, 2.45) is 0 Å². The lowest BCUT2D eigenvalue weighted by Crippen LogP contribution is -2.26.